The molecule has 2 atom stereocenters. The number of hydrogen-bond donors (Lipinski definition) is 1. The highest BCUT2D eigenvalue weighted by molar-refractivity contribution is 5.76. The second-order valence-electron chi connectivity index (χ2n) is 4.98. The van der Waals surface area contributed by atoms with Crippen molar-refractivity contribution in [3.05, 3.63) is 0 Å². The second-order valence-corrected chi connectivity index (χ2v) is 4.98. The molecule has 2 rings (SSSR count). The Morgan fingerprint density at radius 2 is 2.17 bits per heavy atom. The van der Waals surface area contributed by atoms with Gasteiger partial charge in [-0.15, -0.1) is 0 Å². The van der Waals surface area contributed by atoms with Crippen molar-refractivity contribution in [2.24, 2.45) is 5.41 Å². The van der Waals surface area contributed by atoms with Gasteiger partial charge in [0.15, 0.2) is 5.41 Å². The summed E-state index contributed by atoms with van der Waals surface area (Å²) in [5.74, 6) is -1.77. The molecule has 0 bridgehead atoms. The van der Waals surface area contributed by atoms with Gasteiger partial charge >= 0.3 is 12.1 Å². The molecule has 2 fully saturated rings. The lowest BCUT2D eigenvalue weighted by Gasteiger charge is -2.33. The number of alkyl halides is 3. The van der Waals surface area contributed by atoms with Crippen LogP contribution >= 0.6 is 0 Å². The molecule has 2 heterocycles. The molecular weight excluding hydrogens is 251 g/mol. The van der Waals surface area contributed by atoms with Gasteiger partial charge in [0, 0.05) is 25.7 Å². The topological polar surface area (TPSA) is 49.8 Å². The molecule has 0 aromatic heterocycles. The Morgan fingerprint density at radius 1 is 1.44 bits per heavy atom. The molecule has 0 aliphatic carbocycles. The lowest BCUT2D eigenvalue weighted by molar-refractivity contribution is -0.228. The summed E-state index contributed by atoms with van der Waals surface area (Å²) in [5.41, 5.74) is -2.61. The quantitative estimate of drug-likeness (QED) is 0.824. The molecule has 2 aliphatic rings. The van der Waals surface area contributed by atoms with Crippen molar-refractivity contribution in [1.29, 1.82) is 0 Å². The highest BCUT2D eigenvalue weighted by atomic mass is 19.4. The lowest BCUT2D eigenvalue weighted by Crippen LogP contribution is -2.49. The Morgan fingerprint density at radius 3 is 2.61 bits per heavy atom. The molecule has 104 valence electrons. The van der Waals surface area contributed by atoms with E-state index in [9.17, 15) is 18.0 Å². The summed E-state index contributed by atoms with van der Waals surface area (Å²) in [6.45, 7) is 0.737. The molecule has 0 saturated carbocycles. The molecule has 1 N–H and O–H groups in total. The van der Waals surface area contributed by atoms with Crippen molar-refractivity contribution in [3.8, 4) is 0 Å². The molecule has 18 heavy (non-hydrogen) atoms. The van der Waals surface area contributed by atoms with Gasteiger partial charge in [-0.25, -0.2) is 0 Å². The average Bonchev–Trinajstić information content (AvgIpc) is 2.75. The number of hydrogen-bond acceptors (Lipinski definition) is 3. The first-order chi connectivity index (χ1) is 8.37. The number of carboxylic acids is 1. The molecule has 7 heteroatoms. The minimum Gasteiger partial charge on any atom is -0.481 e. The smallest absolute Gasteiger partial charge is 0.406 e. The number of likely N-dealkylation sites (tertiary alicyclic amines) is 1. The largest absolute Gasteiger partial charge is 0.481 e. The van der Waals surface area contributed by atoms with Gasteiger partial charge in [-0.2, -0.15) is 13.2 Å². The molecule has 0 radical (unpaired) electrons. The number of ether oxygens (including phenoxy) is 1. The third kappa shape index (κ3) is 2.21. The van der Waals surface area contributed by atoms with Crippen LogP contribution in [0.25, 0.3) is 0 Å². The van der Waals surface area contributed by atoms with Crippen LogP contribution in [0, 0.1) is 5.41 Å². The minimum absolute atomic E-state index is 0.0812. The Labute approximate surface area is 103 Å². The van der Waals surface area contributed by atoms with Crippen LogP contribution in [0.3, 0.4) is 0 Å². The summed E-state index contributed by atoms with van der Waals surface area (Å²) >= 11 is 0. The van der Waals surface area contributed by atoms with E-state index in [0.717, 1.165) is 12.8 Å². The highest BCUT2D eigenvalue weighted by Gasteiger charge is 2.64. The van der Waals surface area contributed by atoms with Gasteiger partial charge in [-0.1, -0.05) is 0 Å². The Balaban J connectivity index is 2.11. The van der Waals surface area contributed by atoms with E-state index in [0.29, 0.717) is 13.2 Å². The first-order valence-electron chi connectivity index (χ1n) is 5.99. The van der Waals surface area contributed by atoms with Crippen molar-refractivity contribution >= 4 is 5.97 Å². The molecule has 2 saturated heterocycles. The third-order valence-electron chi connectivity index (χ3n) is 3.90. The molecule has 0 aromatic carbocycles. The van der Waals surface area contributed by atoms with Crippen molar-refractivity contribution in [1.82, 2.24) is 4.90 Å². The molecule has 0 aromatic rings. The third-order valence-corrected chi connectivity index (χ3v) is 3.90. The van der Waals surface area contributed by atoms with Crippen LogP contribution in [0.1, 0.15) is 19.3 Å². The average molecular weight is 267 g/mol. The van der Waals surface area contributed by atoms with Crippen molar-refractivity contribution in [3.63, 3.8) is 0 Å². The van der Waals surface area contributed by atoms with Gasteiger partial charge < -0.3 is 9.84 Å². The van der Waals surface area contributed by atoms with Crippen molar-refractivity contribution in [2.45, 2.75) is 31.5 Å². The van der Waals surface area contributed by atoms with Gasteiger partial charge in [-0.3, -0.25) is 9.69 Å². The van der Waals surface area contributed by atoms with Crippen molar-refractivity contribution < 1.29 is 27.8 Å². The fraction of sp³-hybridized carbons (Fsp3) is 0.909. The normalized spacial score (nSPS) is 34.7. The maximum atomic E-state index is 13.0. The van der Waals surface area contributed by atoms with E-state index < -0.39 is 24.1 Å². The van der Waals surface area contributed by atoms with Gasteiger partial charge in [0.2, 0.25) is 0 Å². The predicted octanol–water partition coefficient (Wildman–Crippen LogP) is 1.50. The minimum atomic E-state index is -4.71. The monoisotopic (exact) mass is 267 g/mol. The number of halogens is 3. The Kier molecular flexibility index (Phi) is 3.55. The predicted molar refractivity (Wildman–Crippen MR) is 56.2 cm³/mol. The summed E-state index contributed by atoms with van der Waals surface area (Å²) in [7, 11) is 0. The zero-order valence-corrected chi connectivity index (χ0v) is 9.87. The fourth-order valence-electron chi connectivity index (χ4n) is 2.69. The van der Waals surface area contributed by atoms with Crippen LogP contribution in [-0.4, -0.2) is 54.5 Å². The first kappa shape index (κ1) is 13.6. The molecule has 0 amide bonds. The summed E-state index contributed by atoms with van der Waals surface area (Å²) in [5, 5.41) is 8.94. The maximum absolute atomic E-state index is 13.0. The van der Waals surface area contributed by atoms with Gasteiger partial charge in [-0.05, 0) is 19.3 Å². The number of carboxylic acid groups (broad SMARTS) is 1. The zero-order chi connectivity index (χ0) is 13.4. The van der Waals surface area contributed by atoms with E-state index in [2.05, 4.69) is 0 Å². The lowest BCUT2D eigenvalue weighted by atomic mass is 9.86. The first-order valence-corrected chi connectivity index (χ1v) is 5.99. The van der Waals surface area contributed by atoms with Crippen LogP contribution in [0.2, 0.25) is 0 Å². The number of aliphatic carboxylic acids is 1. The standard InChI is InChI=1S/C11H16F3NO3/c12-11(13,14)10(9(16)17)3-4-15(7-10)8-2-1-5-18-6-8/h8H,1-7H2,(H,16,17). The summed E-state index contributed by atoms with van der Waals surface area (Å²) in [4.78, 5) is 12.6. The maximum Gasteiger partial charge on any atom is 0.406 e. The van der Waals surface area contributed by atoms with E-state index in [1.807, 2.05) is 0 Å². The van der Waals surface area contributed by atoms with Gasteiger partial charge in [0.05, 0.1) is 6.61 Å². The number of carbonyl (C=O) groups is 1. The SMILES string of the molecule is O=C(O)C1(C(F)(F)F)CCN(C2CCCOC2)C1. The van der Waals surface area contributed by atoms with Crippen LogP contribution in [0.4, 0.5) is 13.2 Å². The van der Waals surface area contributed by atoms with Gasteiger partial charge in [0.25, 0.3) is 0 Å². The number of nitrogens with zero attached hydrogens (tertiary/aromatic N) is 1. The molecule has 4 nitrogen and oxygen atoms in total. The summed E-state index contributed by atoms with van der Waals surface area (Å²) in [6.07, 6.45) is -3.49. The number of rotatable bonds is 2. The van der Waals surface area contributed by atoms with Crippen LogP contribution < -0.4 is 0 Å². The molecule has 2 unspecified atom stereocenters. The van der Waals surface area contributed by atoms with Crippen LogP contribution in [0.15, 0.2) is 0 Å². The Hall–Kier alpha value is -0.820. The van der Waals surface area contributed by atoms with E-state index in [1.165, 1.54) is 0 Å². The van der Waals surface area contributed by atoms with E-state index in [1.54, 1.807) is 4.90 Å². The zero-order valence-electron chi connectivity index (χ0n) is 9.87. The fourth-order valence-corrected chi connectivity index (χ4v) is 2.69. The highest BCUT2D eigenvalue weighted by Crippen LogP contribution is 2.46. The molecule has 0 spiro atoms. The van der Waals surface area contributed by atoms with Crippen molar-refractivity contribution in [2.75, 3.05) is 26.3 Å². The van der Waals surface area contributed by atoms with E-state index in [4.69, 9.17) is 9.84 Å². The molecular formula is C11H16F3NO3. The Bertz CT molecular complexity index is 328. The summed E-state index contributed by atoms with van der Waals surface area (Å²) in [6, 6.07) is -0.0812. The van der Waals surface area contributed by atoms with E-state index >= 15 is 0 Å². The van der Waals surface area contributed by atoms with E-state index in [-0.39, 0.29) is 19.0 Å². The summed E-state index contributed by atoms with van der Waals surface area (Å²) < 4.78 is 44.1. The van der Waals surface area contributed by atoms with Gasteiger partial charge in [0.1, 0.15) is 0 Å². The molecule has 2 aliphatic heterocycles. The second kappa shape index (κ2) is 4.70. The van der Waals surface area contributed by atoms with Crippen LogP contribution in [0.5, 0.6) is 0 Å². The van der Waals surface area contributed by atoms with Crippen LogP contribution in [-0.2, 0) is 9.53 Å².